The molecule has 0 radical (unpaired) electrons. The molecule has 2 N–H and O–H groups in total. The second-order valence-electron chi connectivity index (χ2n) is 6.11. The molecule has 5 nitrogen and oxygen atoms in total. The third kappa shape index (κ3) is 6.29. The topological polar surface area (TPSA) is 67.4 Å². The molecule has 2 aromatic carbocycles. The van der Waals surface area contributed by atoms with E-state index in [4.69, 9.17) is 16.3 Å². The molecule has 2 aromatic rings. The Labute approximate surface area is 165 Å². The van der Waals surface area contributed by atoms with E-state index in [2.05, 4.69) is 17.6 Å². The van der Waals surface area contributed by atoms with Crippen molar-refractivity contribution in [1.82, 2.24) is 5.32 Å². The fourth-order valence-electron chi connectivity index (χ4n) is 2.48. The molecule has 2 amide bonds. The molecule has 0 saturated carbocycles. The summed E-state index contributed by atoms with van der Waals surface area (Å²) in [7, 11) is 0. The average Bonchev–Trinajstić information content (AvgIpc) is 2.68. The van der Waals surface area contributed by atoms with Crippen molar-refractivity contribution in [3.63, 3.8) is 0 Å². The van der Waals surface area contributed by atoms with Crippen LogP contribution in [0.25, 0.3) is 0 Å². The fourth-order valence-corrected chi connectivity index (χ4v) is 2.60. The molecule has 0 aliphatic carbocycles. The maximum absolute atomic E-state index is 12.7. The zero-order valence-electron chi connectivity index (χ0n) is 15.6. The molecule has 0 aromatic heterocycles. The van der Waals surface area contributed by atoms with E-state index in [1.165, 1.54) is 0 Å². The average molecular weight is 389 g/mol. The number of carbonyl (C=O) groups is 2. The van der Waals surface area contributed by atoms with Crippen LogP contribution in [-0.4, -0.2) is 24.5 Å². The van der Waals surface area contributed by atoms with Gasteiger partial charge < -0.3 is 15.4 Å². The first kappa shape index (κ1) is 20.8. The Morgan fingerprint density at radius 1 is 1.07 bits per heavy atom. The normalized spacial score (nSPS) is 11.5. The summed E-state index contributed by atoms with van der Waals surface area (Å²) in [5.74, 6) is 0.0549. The highest BCUT2D eigenvalue weighted by Gasteiger charge is 2.21. The van der Waals surface area contributed by atoms with Crippen molar-refractivity contribution in [1.29, 1.82) is 0 Å². The number of ether oxygens (including phenoxy) is 1. The van der Waals surface area contributed by atoms with Crippen molar-refractivity contribution < 1.29 is 14.3 Å². The number of halogens is 1. The minimum atomic E-state index is -0.678. The summed E-state index contributed by atoms with van der Waals surface area (Å²) in [4.78, 5) is 25.0. The summed E-state index contributed by atoms with van der Waals surface area (Å²) in [6, 6.07) is 13.8. The van der Waals surface area contributed by atoms with Gasteiger partial charge in [-0.3, -0.25) is 9.59 Å². The first-order valence-electron chi connectivity index (χ1n) is 9.15. The van der Waals surface area contributed by atoms with E-state index in [0.29, 0.717) is 35.0 Å². The van der Waals surface area contributed by atoms with Gasteiger partial charge >= 0.3 is 0 Å². The van der Waals surface area contributed by atoms with Gasteiger partial charge in [0, 0.05) is 11.6 Å². The van der Waals surface area contributed by atoms with Crippen molar-refractivity contribution in [2.75, 3.05) is 11.9 Å². The lowest BCUT2D eigenvalue weighted by Gasteiger charge is -2.18. The first-order chi connectivity index (χ1) is 13.0. The van der Waals surface area contributed by atoms with Gasteiger partial charge in [0.2, 0.25) is 0 Å². The molecule has 6 heteroatoms. The first-order valence-corrected chi connectivity index (χ1v) is 9.53. The predicted molar refractivity (Wildman–Crippen MR) is 108 cm³/mol. The number of para-hydroxylation sites is 1. The molecule has 0 bridgehead atoms. The van der Waals surface area contributed by atoms with E-state index in [9.17, 15) is 9.59 Å². The lowest BCUT2D eigenvalue weighted by atomic mass is 10.1. The number of hydrogen-bond acceptors (Lipinski definition) is 3. The van der Waals surface area contributed by atoms with E-state index in [1.54, 1.807) is 48.5 Å². The van der Waals surface area contributed by atoms with Crippen LogP contribution in [0.2, 0.25) is 5.02 Å². The molecule has 1 atom stereocenters. The van der Waals surface area contributed by atoms with Crippen LogP contribution in [0.1, 0.15) is 43.5 Å². The second kappa shape index (κ2) is 10.6. The van der Waals surface area contributed by atoms with E-state index in [0.717, 1.165) is 12.8 Å². The predicted octanol–water partition coefficient (Wildman–Crippen LogP) is 4.67. The maximum atomic E-state index is 12.7. The smallest absolute Gasteiger partial charge is 0.265 e. The van der Waals surface area contributed by atoms with E-state index in [-0.39, 0.29) is 11.8 Å². The molecule has 0 aliphatic heterocycles. The maximum Gasteiger partial charge on any atom is 0.265 e. The zero-order chi connectivity index (χ0) is 19.6. The van der Waals surface area contributed by atoms with Crippen LogP contribution < -0.4 is 15.4 Å². The van der Waals surface area contributed by atoms with Gasteiger partial charge in [-0.05, 0) is 49.2 Å². The molecule has 0 aliphatic rings. The number of unbranched alkanes of at least 4 members (excludes halogenated alkanes) is 1. The Balaban J connectivity index is 2.07. The lowest BCUT2D eigenvalue weighted by Crippen LogP contribution is -2.33. The number of hydrogen-bond donors (Lipinski definition) is 2. The SMILES string of the molecule is CCCCNC(=O)c1ccccc1NC(=O)[C@H](CC)Oc1ccc(Cl)cc1. The Bertz CT molecular complexity index is 762. The third-order valence-corrected chi connectivity index (χ3v) is 4.25. The van der Waals surface area contributed by atoms with E-state index >= 15 is 0 Å². The number of benzene rings is 2. The molecular formula is C21H25ClN2O3. The molecular weight excluding hydrogens is 364 g/mol. The van der Waals surface area contributed by atoms with Gasteiger partial charge in [-0.1, -0.05) is 44.0 Å². The Kier molecular flexibility index (Phi) is 8.14. The largest absolute Gasteiger partial charge is 0.481 e. The fraction of sp³-hybridized carbons (Fsp3) is 0.333. The Morgan fingerprint density at radius 2 is 1.78 bits per heavy atom. The third-order valence-electron chi connectivity index (χ3n) is 4.00. The van der Waals surface area contributed by atoms with Crippen LogP contribution in [0.5, 0.6) is 5.75 Å². The van der Waals surface area contributed by atoms with Gasteiger partial charge in [0.1, 0.15) is 5.75 Å². The summed E-state index contributed by atoms with van der Waals surface area (Å²) >= 11 is 5.87. The minimum absolute atomic E-state index is 0.203. The molecule has 27 heavy (non-hydrogen) atoms. The number of carbonyl (C=O) groups excluding carboxylic acids is 2. The second-order valence-corrected chi connectivity index (χ2v) is 6.55. The van der Waals surface area contributed by atoms with Crippen molar-refractivity contribution in [2.24, 2.45) is 0 Å². The van der Waals surface area contributed by atoms with Crippen LogP contribution in [0.3, 0.4) is 0 Å². The van der Waals surface area contributed by atoms with Crippen LogP contribution in [0.4, 0.5) is 5.69 Å². The molecule has 144 valence electrons. The van der Waals surface area contributed by atoms with Crippen molar-refractivity contribution >= 4 is 29.1 Å². The van der Waals surface area contributed by atoms with Crippen molar-refractivity contribution in [2.45, 2.75) is 39.2 Å². The highest BCUT2D eigenvalue weighted by atomic mass is 35.5. The molecule has 0 heterocycles. The molecule has 2 rings (SSSR count). The van der Waals surface area contributed by atoms with E-state index < -0.39 is 6.10 Å². The van der Waals surface area contributed by atoms with Crippen molar-refractivity contribution in [3.05, 3.63) is 59.1 Å². The Morgan fingerprint density at radius 3 is 2.44 bits per heavy atom. The molecule has 0 saturated heterocycles. The van der Waals surface area contributed by atoms with Crippen LogP contribution in [0.15, 0.2) is 48.5 Å². The van der Waals surface area contributed by atoms with Crippen LogP contribution in [0, 0.1) is 0 Å². The highest BCUT2D eigenvalue weighted by molar-refractivity contribution is 6.30. The quantitative estimate of drug-likeness (QED) is 0.613. The summed E-state index contributed by atoms with van der Waals surface area (Å²) in [5, 5.41) is 6.28. The van der Waals surface area contributed by atoms with Gasteiger partial charge in [0.25, 0.3) is 11.8 Å². The molecule has 0 spiro atoms. The number of amides is 2. The Hall–Kier alpha value is -2.53. The standard InChI is InChI=1S/C21H25ClN2O3/c1-3-5-14-23-20(25)17-8-6-7-9-18(17)24-21(26)19(4-2)27-16-12-10-15(22)11-13-16/h6-13,19H,3-5,14H2,1-2H3,(H,23,25)(H,24,26)/t19-/m0/s1. The number of rotatable bonds is 9. The summed E-state index contributed by atoms with van der Waals surface area (Å²) < 4.78 is 5.76. The van der Waals surface area contributed by atoms with Gasteiger partial charge in [0.15, 0.2) is 6.10 Å². The minimum Gasteiger partial charge on any atom is -0.481 e. The summed E-state index contributed by atoms with van der Waals surface area (Å²) in [6.45, 7) is 4.53. The van der Waals surface area contributed by atoms with Crippen molar-refractivity contribution in [3.8, 4) is 5.75 Å². The van der Waals surface area contributed by atoms with Gasteiger partial charge in [-0.25, -0.2) is 0 Å². The lowest BCUT2D eigenvalue weighted by molar-refractivity contribution is -0.122. The van der Waals surface area contributed by atoms with Crippen LogP contribution >= 0.6 is 11.6 Å². The number of nitrogens with one attached hydrogen (secondary N) is 2. The summed E-state index contributed by atoms with van der Waals surface area (Å²) in [6.07, 6.45) is 1.72. The number of anilines is 1. The van der Waals surface area contributed by atoms with Gasteiger partial charge in [0.05, 0.1) is 11.3 Å². The zero-order valence-corrected chi connectivity index (χ0v) is 16.4. The van der Waals surface area contributed by atoms with E-state index in [1.807, 2.05) is 6.92 Å². The molecule has 0 fully saturated rings. The van der Waals surface area contributed by atoms with Gasteiger partial charge in [-0.2, -0.15) is 0 Å². The monoisotopic (exact) mass is 388 g/mol. The highest BCUT2D eigenvalue weighted by Crippen LogP contribution is 2.20. The van der Waals surface area contributed by atoms with Gasteiger partial charge in [-0.15, -0.1) is 0 Å². The summed E-state index contributed by atoms with van der Waals surface area (Å²) in [5.41, 5.74) is 0.901. The molecule has 0 unspecified atom stereocenters. The van der Waals surface area contributed by atoms with Crippen LogP contribution in [-0.2, 0) is 4.79 Å².